The largest absolute Gasteiger partial charge is 0.507 e. The summed E-state index contributed by atoms with van der Waals surface area (Å²) in [6, 6.07) is 10.6. The van der Waals surface area contributed by atoms with Crippen LogP contribution in [-0.2, 0) is 4.79 Å². The van der Waals surface area contributed by atoms with Gasteiger partial charge in [0.2, 0.25) is 0 Å². The van der Waals surface area contributed by atoms with E-state index in [9.17, 15) is 9.90 Å². The molecule has 0 spiro atoms. The van der Waals surface area contributed by atoms with Crippen LogP contribution in [0.5, 0.6) is 17.2 Å². The summed E-state index contributed by atoms with van der Waals surface area (Å²) in [5.74, 6) is 0.949. The maximum Gasteiger partial charge on any atom is 0.133 e. The Morgan fingerprint density at radius 3 is 2.72 bits per heavy atom. The Hall–Kier alpha value is -1.81. The number of para-hydroxylation sites is 1. The van der Waals surface area contributed by atoms with E-state index in [1.54, 1.807) is 12.1 Å². The van der Waals surface area contributed by atoms with Gasteiger partial charge in [0.05, 0.1) is 10.4 Å². The number of hydrogen-bond acceptors (Lipinski definition) is 3. The molecule has 0 saturated heterocycles. The van der Waals surface area contributed by atoms with E-state index in [-0.39, 0.29) is 5.75 Å². The molecule has 0 amide bonds. The van der Waals surface area contributed by atoms with Crippen LogP contribution >= 0.6 is 15.9 Å². The van der Waals surface area contributed by atoms with Gasteiger partial charge in [-0.25, -0.2) is 0 Å². The van der Waals surface area contributed by atoms with E-state index in [1.165, 1.54) is 0 Å². The molecule has 3 nitrogen and oxygen atoms in total. The van der Waals surface area contributed by atoms with Crippen LogP contribution in [0, 0.1) is 0 Å². The highest BCUT2D eigenvalue weighted by molar-refractivity contribution is 9.10. The van der Waals surface area contributed by atoms with Crippen LogP contribution in [-0.4, -0.2) is 11.4 Å². The van der Waals surface area contributed by atoms with Crippen molar-refractivity contribution < 1.29 is 14.6 Å². The first-order chi connectivity index (χ1) is 8.72. The summed E-state index contributed by atoms with van der Waals surface area (Å²) in [7, 11) is 0. The van der Waals surface area contributed by atoms with Crippen molar-refractivity contribution in [3.05, 3.63) is 52.0 Å². The van der Waals surface area contributed by atoms with Crippen LogP contribution in [0.15, 0.2) is 40.9 Å². The number of carbonyl (C=O) groups is 1. The molecule has 18 heavy (non-hydrogen) atoms. The fourth-order valence-electron chi connectivity index (χ4n) is 2.19. The lowest BCUT2D eigenvalue weighted by Gasteiger charge is -2.26. The number of carbonyl (C=O) groups excluding carboxylic acids is 1. The predicted octanol–water partition coefficient (Wildman–Crippen LogP) is 3.59. The molecule has 1 unspecified atom stereocenters. The monoisotopic (exact) mass is 304 g/mol. The standard InChI is InChI=1S/C14H9BrO3/c15-14-10(17)5-6-12-13(14)9(7-16)8-3-1-2-4-11(8)18-12/h1-7,9,17H. The summed E-state index contributed by atoms with van der Waals surface area (Å²) < 4.78 is 6.25. The molecule has 0 fully saturated rings. The number of benzene rings is 2. The summed E-state index contributed by atoms with van der Waals surface area (Å²) in [6.07, 6.45) is 0.865. The van der Waals surface area contributed by atoms with Crippen molar-refractivity contribution in [2.75, 3.05) is 0 Å². The Morgan fingerprint density at radius 1 is 1.17 bits per heavy atom. The molecule has 4 heteroatoms. The molecule has 0 aromatic heterocycles. The molecule has 2 aromatic rings. The fourth-order valence-corrected chi connectivity index (χ4v) is 2.76. The van der Waals surface area contributed by atoms with Gasteiger partial charge < -0.3 is 14.6 Å². The van der Waals surface area contributed by atoms with E-state index in [4.69, 9.17) is 4.74 Å². The van der Waals surface area contributed by atoms with Crippen molar-refractivity contribution in [1.82, 2.24) is 0 Å². The van der Waals surface area contributed by atoms with Crippen LogP contribution in [0.25, 0.3) is 0 Å². The summed E-state index contributed by atoms with van der Waals surface area (Å²) in [6.45, 7) is 0. The van der Waals surface area contributed by atoms with Crippen molar-refractivity contribution in [2.45, 2.75) is 5.92 Å². The maximum absolute atomic E-state index is 11.4. The summed E-state index contributed by atoms with van der Waals surface area (Å²) in [4.78, 5) is 11.4. The number of aromatic hydroxyl groups is 1. The SMILES string of the molecule is O=CC1c2ccccc2Oc2ccc(O)c(Br)c21. The molecule has 1 N–H and O–H groups in total. The molecule has 1 heterocycles. The van der Waals surface area contributed by atoms with Crippen molar-refractivity contribution >= 4 is 22.2 Å². The predicted molar refractivity (Wildman–Crippen MR) is 70.2 cm³/mol. The summed E-state index contributed by atoms with van der Waals surface area (Å²) in [5.41, 5.74) is 1.48. The Labute approximate surface area is 112 Å². The van der Waals surface area contributed by atoms with E-state index in [0.717, 1.165) is 11.8 Å². The van der Waals surface area contributed by atoms with Crippen molar-refractivity contribution in [1.29, 1.82) is 0 Å². The second-order valence-corrected chi connectivity index (χ2v) is 4.86. The van der Waals surface area contributed by atoms with Gasteiger partial charge in [0.25, 0.3) is 0 Å². The molecule has 1 atom stereocenters. The molecule has 90 valence electrons. The smallest absolute Gasteiger partial charge is 0.133 e. The van der Waals surface area contributed by atoms with E-state index in [2.05, 4.69) is 15.9 Å². The Bertz CT molecular complexity index is 637. The highest BCUT2D eigenvalue weighted by Crippen LogP contribution is 2.48. The first-order valence-electron chi connectivity index (χ1n) is 5.46. The highest BCUT2D eigenvalue weighted by Gasteiger charge is 2.29. The van der Waals surface area contributed by atoms with Gasteiger partial charge in [-0.15, -0.1) is 0 Å². The molecule has 0 radical (unpaired) electrons. The first-order valence-corrected chi connectivity index (χ1v) is 6.25. The van der Waals surface area contributed by atoms with Crippen molar-refractivity contribution in [2.24, 2.45) is 0 Å². The molecule has 0 saturated carbocycles. The first kappa shape index (κ1) is 11.3. The molecular formula is C14H9BrO3. The van der Waals surface area contributed by atoms with Crippen molar-refractivity contribution in [3.63, 3.8) is 0 Å². The maximum atomic E-state index is 11.4. The van der Waals surface area contributed by atoms with Gasteiger partial charge in [-0.1, -0.05) is 18.2 Å². The molecule has 0 bridgehead atoms. The molecule has 2 aromatic carbocycles. The number of phenolic OH excluding ortho intramolecular Hbond substituents is 1. The average Bonchev–Trinajstić information content (AvgIpc) is 2.41. The third kappa shape index (κ3) is 1.53. The van der Waals surface area contributed by atoms with Crippen LogP contribution in [0.1, 0.15) is 17.0 Å². The minimum absolute atomic E-state index is 0.101. The normalized spacial score (nSPS) is 16.4. The van der Waals surface area contributed by atoms with Crippen LogP contribution in [0.4, 0.5) is 0 Å². The van der Waals surface area contributed by atoms with E-state index in [0.29, 0.717) is 21.5 Å². The summed E-state index contributed by atoms with van der Waals surface area (Å²) in [5, 5.41) is 9.72. The topological polar surface area (TPSA) is 46.5 Å². The van der Waals surface area contributed by atoms with E-state index >= 15 is 0 Å². The third-order valence-corrected chi connectivity index (χ3v) is 3.87. The zero-order chi connectivity index (χ0) is 12.7. The van der Waals surface area contributed by atoms with Gasteiger partial charge in [-0.05, 0) is 34.1 Å². The van der Waals surface area contributed by atoms with Crippen LogP contribution in [0.3, 0.4) is 0 Å². The van der Waals surface area contributed by atoms with Crippen LogP contribution < -0.4 is 4.74 Å². The number of phenols is 1. The Balaban J connectivity index is 2.28. The minimum atomic E-state index is -0.425. The molecule has 3 rings (SSSR count). The minimum Gasteiger partial charge on any atom is -0.507 e. The molecule has 0 aliphatic carbocycles. The Morgan fingerprint density at radius 2 is 1.94 bits per heavy atom. The van der Waals surface area contributed by atoms with Crippen molar-refractivity contribution in [3.8, 4) is 17.2 Å². The number of ether oxygens (including phenoxy) is 1. The quantitative estimate of drug-likeness (QED) is 0.819. The zero-order valence-electron chi connectivity index (χ0n) is 9.26. The van der Waals surface area contributed by atoms with Crippen LogP contribution in [0.2, 0.25) is 0 Å². The Kier molecular flexibility index (Phi) is 2.59. The second kappa shape index (κ2) is 4.14. The number of fused-ring (bicyclic) bond motifs is 2. The molecule has 1 aliphatic rings. The third-order valence-electron chi connectivity index (χ3n) is 3.04. The number of aldehydes is 1. The number of halogens is 1. The average molecular weight is 305 g/mol. The lowest BCUT2D eigenvalue weighted by molar-refractivity contribution is -0.108. The van der Waals surface area contributed by atoms with E-state index in [1.807, 2.05) is 24.3 Å². The number of rotatable bonds is 1. The fraction of sp³-hybridized carbons (Fsp3) is 0.0714. The highest BCUT2D eigenvalue weighted by atomic mass is 79.9. The van der Waals surface area contributed by atoms with Gasteiger partial charge in [-0.3, -0.25) is 0 Å². The van der Waals surface area contributed by atoms with Gasteiger partial charge in [0.1, 0.15) is 23.5 Å². The molecule has 1 aliphatic heterocycles. The summed E-state index contributed by atoms with van der Waals surface area (Å²) >= 11 is 3.31. The second-order valence-electron chi connectivity index (χ2n) is 4.06. The van der Waals surface area contributed by atoms with Gasteiger partial charge in [-0.2, -0.15) is 0 Å². The number of hydrogen-bond donors (Lipinski definition) is 1. The lowest BCUT2D eigenvalue weighted by atomic mass is 9.89. The molecular weight excluding hydrogens is 296 g/mol. The van der Waals surface area contributed by atoms with Gasteiger partial charge in [0.15, 0.2) is 0 Å². The van der Waals surface area contributed by atoms with E-state index < -0.39 is 5.92 Å². The van der Waals surface area contributed by atoms with Gasteiger partial charge in [0, 0.05) is 11.1 Å². The lowest BCUT2D eigenvalue weighted by Crippen LogP contribution is -2.11. The zero-order valence-corrected chi connectivity index (χ0v) is 10.8. The van der Waals surface area contributed by atoms with Gasteiger partial charge >= 0.3 is 0 Å².